The van der Waals surface area contributed by atoms with E-state index in [2.05, 4.69) is 34.1 Å². The average molecular weight is 352 g/mol. The zero-order chi connectivity index (χ0) is 18.1. The monoisotopic (exact) mass is 352 g/mol. The van der Waals surface area contributed by atoms with E-state index in [1.54, 1.807) is 0 Å². The number of cyclic esters (lactones) is 1. The van der Waals surface area contributed by atoms with Crippen LogP contribution in [0.1, 0.15) is 12.8 Å². The van der Waals surface area contributed by atoms with Crippen molar-refractivity contribution in [1.29, 1.82) is 0 Å². The van der Waals surface area contributed by atoms with Gasteiger partial charge in [0.1, 0.15) is 12.1 Å². The van der Waals surface area contributed by atoms with Crippen molar-refractivity contribution in [3.05, 3.63) is 48.5 Å². The lowest BCUT2D eigenvalue weighted by molar-refractivity contribution is -0.157. The third-order valence-corrected chi connectivity index (χ3v) is 4.87. The van der Waals surface area contributed by atoms with Crippen LogP contribution >= 0.6 is 0 Å². The predicted molar refractivity (Wildman–Crippen MR) is 98.0 cm³/mol. The minimum absolute atomic E-state index is 0.0513. The van der Waals surface area contributed by atoms with Gasteiger partial charge in [-0.15, -0.1) is 0 Å². The van der Waals surface area contributed by atoms with Crippen LogP contribution in [-0.2, 0) is 20.9 Å². The summed E-state index contributed by atoms with van der Waals surface area (Å²) in [6.07, 6.45) is -0.0941. The molecule has 1 aliphatic heterocycles. The summed E-state index contributed by atoms with van der Waals surface area (Å²) in [5, 5.41) is 14.3. The number of ether oxygens (including phenoxy) is 1. The zero-order valence-corrected chi connectivity index (χ0v) is 14.2. The SMILES string of the molecule is O=C(O)CC[C@@H]1NC[C@@H](Cn2c3ccccc3c3ccccc32)OC1=O. The van der Waals surface area contributed by atoms with Gasteiger partial charge in [0.05, 0.1) is 6.54 Å². The molecular weight excluding hydrogens is 332 g/mol. The summed E-state index contributed by atoms with van der Waals surface area (Å²) in [6, 6.07) is 15.9. The zero-order valence-electron chi connectivity index (χ0n) is 14.2. The number of hydrogen-bond acceptors (Lipinski definition) is 4. The van der Waals surface area contributed by atoms with E-state index in [-0.39, 0.29) is 24.9 Å². The maximum Gasteiger partial charge on any atom is 0.323 e. The highest BCUT2D eigenvalue weighted by molar-refractivity contribution is 6.07. The van der Waals surface area contributed by atoms with Gasteiger partial charge in [-0.3, -0.25) is 9.59 Å². The lowest BCUT2D eigenvalue weighted by Gasteiger charge is -2.29. The second-order valence-electron chi connectivity index (χ2n) is 6.60. The highest BCUT2D eigenvalue weighted by atomic mass is 16.5. The van der Waals surface area contributed by atoms with Gasteiger partial charge in [-0.25, -0.2) is 0 Å². The topological polar surface area (TPSA) is 80.6 Å². The number of aliphatic carboxylic acids is 1. The molecule has 1 aliphatic rings. The molecule has 0 aliphatic carbocycles. The molecule has 0 radical (unpaired) electrons. The minimum atomic E-state index is -0.910. The fraction of sp³-hybridized carbons (Fsp3) is 0.300. The number of rotatable bonds is 5. The van der Waals surface area contributed by atoms with E-state index in [0.717, 1.165) is 11.0 Å². The van der Waals surface area contributed by atoms with Gasteiger partial charge in [0.25, 0.3) is 0 Å². The molecule has 1 fully saturated rings. The number of carboxylic acid groups (broad SMARTS) is 1. The molecule has 6 nitrogen and oxygen atoms in total. The quantitative estimate of drug-likeness (QED) is 0.690. The molecule has 0 unspecified atom stereocenters. The highest BCUT2D eigenvalue weighted by Gasteiger charge is 2.30. The molecule has 2 N–H and O–H groups in total. The number of carbonyl (C=O) groups is 2. The van der Waals surface area contributed by atoms with Crippen LogP contribution in [-0.4, -0.2) is 40.3 Å². The van der Waals surface area contributed by atoms with Crippen LogP contribution in [0.2, 0.25) is 0 Å². The molecule has 0 spiro atoms. The molecule has 1 aromatic heterocycles. The van der Waals surface area contributed by atoms with Gasteiger partial charge in [0.2, 0.25) is 0 Å². The van der Waals surface area contributed by atoms with Crippen molar-refractivity contribution in [1.82, 2.24) is 9.88 Å². The van der Waals surface area contributed by atoms with E-state index < -0.39 is 12.0 Å². The number of nitrogens with zero attached hydrogens (tertiary/aromatic N) is 1. The smallest absolute Gasteiger partial charge is 0.323 e. The second-order valence-corrected chi connectivity index (χ2v) is 6.60. The fourth-order valence-electron chi connectivity index (χ4n) is 3.64. The van der Waals surface area contributed by atoms with Crippen LogP contribution < -0.4 is 5.32 Å². The minimum Gasteiger partial charge on any atom is -0.481 e. The molecule has 2 aromatic carbocycles. The molecule has 1 saturated heterocycles. The number of morpholine rings is 1. The van der Waals surface area contributed by atoms with Crippen molar-refractivity contribution in [2.45, 2.75) is 31.5 Å². The van der Waals surface area contributed by atoms with Gasteiger partial charge < -0.3 is 19.7 Å². The van der Waals surface area contributed by atoms with E-state index in [1.165, 1.54) is 10.8 Å². The van der Waals surface area contributed by atoms with Crippen LogP contribution in [0.25, 0.3) is 21.8 Å². The molecule has 4 rings (SSSR count). The number of carbonyl (C=O) groups excluding carboxylic acids is 1. The van der Waals surface area contributed by atoms with Crippen LogP contribution in [0.15, 0.2) is 48.5 Å². The van der Waals surface area contributed by atoms with Crippen molar-refractivity contribution < 1.29 is 19.4 Å². The first-order valence-electron chi connectivity index (χ1n) is 8.75. The second kappa shape index (κ2) is 6.80. The first-order chi connectivity index (χ1) is 12.6. The summed E-state index contributed by atoms with van der Waals surface area (Å²) in [4.78, 5) is 22.9. The van der Waals surface area contributed by atoms with Crippen molar-refractivity contribution in [3.8, 4) is 0 Å². The number of aromatic nitrogens is 1. The van der Waals surface area contributed by atoms with Gasteiger partial charge in [-0.2, -0.15) is 0 Å². The Morgan fingerprint density at radius 1 is 1.12 bits per heavy atom. The molecule has 26 heavy (non-hydrogen) atoms. The average Bonchev–Trinajstić information content (AvgIpc) is 2.95. The van der Waals surface area contributed by atoms with Gasteiger partial charge >= 0.3 is 11.9 Å². The Morgan fingerprint density at radius 2 is 1.73 bits per heavy atom. The number of hydrogen-bond donors (Lipinski definition) is 2. The summed E-state index contributed by atoms with van der Waals surface area (Å²) in [5.74, 6) is -1.28. The maximum absolute atomic E-state index is 12.2. The van der Waals surface area contributed by atoms with Gasteiger partial charge in [-0.1, -0.05) is 36.4 Å². The van der Waals surface area contributed by atoms with Crippen LogP contribution in [0, 0.1) is 0 Å². The molecule has 2 heterocycles. The summed E-state index contributed by atoms with van der Waals surface area (Å²) in [7, 11) is 0. The van der Waals surface area contributed by atoms with Crippen molar-refractivity contribution in [3.63, 3.8) is 0 Å². The first kappa shape index (κ1) is 16.6. The van der Waals surface area contributed by atoms with Crippen LogP contribution in [0.5, 0.6) is 0 Å². The summed E-state index contributed by atoms with van der Waals surface area (Å²) in [5.41, 5.74) is 2.22. The van der Waals surface area contributed by atoms with Crippen molar-refractivity contribution in [2.75, 3.05) is 6.54 Å². The lowest BCUT2D eigenvalue weighted by Crippen LogP contribution is -2.51. The first-order valence-corrected chi connectivity index (χ1v) is 8.75. The Hall–Kier alpha value is -2.86. The third-order valence-electron chi connectivity index (χ3n) is 4.87. The summed E-state index contributed by atoms with van der Waals surface area (Å²) < 4.78 is 7.77. The third kappa shape index (κ3) is 3.04. The van der Waals surface area contributed by atoms with Gasteiger partial charge in [-0.05, 0) is 18.6 Å². The molecule has 0 bridgehead atoms. The number of esters is 1. The van der Waals surface area contributed by atoms with Crippen LogP contribution in [0.4, 0.5) is 0 Å². The Morgan fingerprint density at radius 3 is 2.31 bits per heavy atom. The lowest BCUT2D eigenvalue weighted by atomic mass is 10.1. The van der Waals surface area contributed by atoms with E-state index in [4.69, 9.17) is 9.84 Å². The van der Waals surface area contributed by atoms with E-state index in [0.29, 0.717) is 13.1 Å². The van der Waals surface area contributed by atoms with Gasteiger partial charge in [0.15, 0.2) is 0 Å². The Bertz CT molecular complexity index is 925. The number of para-hydroxylation sites is 2. The fourth-order valence-corrected chi connectivity index (χ4v) is 3.64. The van der Waals surface area contributed by atoms with E-state index >= 15 is 0 Å². The standard InChI is InChI=1S/C20H20N2O4/c23-19(24)10-9-16-20(25)26-13(11-21-16)12-22-17-7-3-1-5-14(17)15-6-2-4-8-18(15)22/h1-8,13,16,21H,9-12H2,(H,23,24)/t13-,16-/m0/s1. The highest BCUT2D eigenvalue weighted by Crippen LogP contribution is 2.29. The Kier molecular flexibility index (Phi) is 4.34. The predicted octanol–water partition coefficient (Wildman–Crippen LogP) is 2.54. The van der Waals surface area contributed by atoms with E-state index in [1.807, 2.05) is 24.3 Å². The maximum atomic E-state index is 12.2. The number of benzene rings is 2. The van der Waals surface area contributed by atoms with Gasteiger partial charge in [0, 0.05) is 34.8 Å². The van der Waals surface area contributed by atoms with Crippen molar-refractivity contribution in [2.24, 2.45) is 0 Å². The van der Waals surface area contributed by atoms with E-state index in [9.17, 15) is 9.59 Å². The Balaban J connectivity index is 1.56. The molecule has 6 heteroatoms. The molecule has 0 amide bonds. The Labute approximate surface area is 150 Å². The number of carboxylic acids is 1. The number of nitrogens with one attached hydrogen (secondary N) is 1. The molecule has 0 saturated carbocycles. The largest absolute Gasteiger partial charge is 0.481 e. The summed E-state index contributed by atoms with van der Waals surface area (Å²) >= 11 is 0. The molecule has 2 atom stereocenters. The summed E-state index contributed by atoms with van der Waals surface area (Å²) in [6.45, 7) is 1.06. The molecule has 134 valence electrons. The van der Waals surface area contributed by atoms with Crippen LogP contribution in [0.3, 0.4) is 0 Å². The molecule has 3 aromatic rings. The molecular formula is C20H20N2O4. The number of fused-ring (bicyclic) bond motifs is 3. The normalized spacial score (nSPS) is 20.4. The van der Waals surface area contributed by atoms with Crippen molar-refractivity contribution >= 4 is 33.7 Å².